The average Bonchev–Trinajstić information content (AvgIpc) is 2.55. The van der Waals surface area contributed by atoms with Gasteiger partial charge in [-0.05, 0) is 12.1 Å². The fourth-order valence-electron chi connectivity index (χ4n) is 1.35. The second-order valence-corrected chi connectivity index (χ2v) is 2.66. The van der Waals surface area contributed by atoms with Crippen LogP contribution in [0.25, 0.3) is 23.1 Å². The van der Waals surface area contributed by atoms with Crippen molar-refractivity contribution in [3.05, 3.63) is 42.9 Å². The summed E-state index contributed by atoms with van der Waals surface area (Å²) in [7, 11) is 0. The molecule has 0 aliphatic carbocycles. The molecule has 0 N–H and O–H groups in total. The largest absolute Gasteiger partial charge is 0.454 e. The third-order valence-electron chi connectivity index (χ3n) is 1.95. The van der Waals surface area contributed by atoms with Crippen molar-refractivity contribution in [3.8, 4) is 0 Å². The summed E-state index contributed by atoms with van der Waals surface area (Å²) in [6.45, 7) is 7.41. The van der Waals surface area contributed by atoms with Crippen LogP contribution in [0, 0.1) is 0 Å². The summed E-state index contributed by atoms with van der Waals surface area (Å²) in [4.78, 5) is 3.97. The van der Waals surface area contributed by atoms with Gasteiger partial charge >= 0.3 is 0 Å². The van der Waals surface area contributed by atoms with Gasteiger partial charge in [0.15, 0.2) is 5.58 Å². The van der Waals surface area contributed by atoms with E-state index >= 15 is 0 Å². The van der Waals surface area contributed by atoms with Gasteiger partial charge in [0.25, 0.3) is 0 Å². The monoisotopic (exact) mass is 171 g/mol. The van der Waals surface area contributed by atoms with Gasteiger partial charge in [0.05, 0.1) is 6.20 Å². The van der Waals surface area contributed by atoms with Crippen molar-refractivity contribution in [3.63, 3.8) is 0 Å². The van der Waals surface area contributed by atoms with Crippen LogP contribution in [0.15, 0.2) is 36.0 Å². The molecular formula is C11H9NO. The molecular weight excluding hydrogens is 162 g/mol. The van der Waals surface area contributed by atoms with E-state index in [0.29, 0.717) is 0 Å². The molecule has 64 valence electrons. The third-order valence-corrected chi connectivity index (χ3v) is 1.95. The molecule has 2 heterocycles. The van der Waals surface area contributed by atoms with Crippen molar-refractivity contribution in [1.29, 1.82) is 0 Å². The number of pyridine rings is 1. The van der Waals surface area contributed by atoms with Gasteiger partial charge < -0.3 is 4.42 Å². The second kappa shape index (κ2) is 2.90. The van der Waals surface area contributed by atoms with Crippen molar-refractivity contribution >= 4 is 23.1 Å². The topological polar surface area (TPSA) is 26.0 Å². The Kier molecular flexibility index (Phi) is 1.74. The van der Waals surface area contributed by atoms with Crippen molar-refractivity contribution < 1.29 is 4.42 Å². The maximum absolute atomic E-state index is 5.49. The SMILES string of the molecule is C=Cc1oc2cnccc2c1C=C. The van der Waals surface area contributed by atoms with Crippen molar-refractivity contribution in [1.82, 2.24) is 4.98 Å². The Labute approximate surface area is 76.2 Å². The van der Waals surface area contributed by atoms with E-state index in [-0.39, 0.29) is 0 Å². The quantitative estimate of drug-likeness (QED) is 0.693. The zero-order valence-electron chi connectivity index (χ0n) is 7.16. The number of hydrogen-bond donors (Lipinski definition) is 0. The number of hydrogen-bond acceptors (Lipinski definition) is 2. The van der Waals surface area contributed by atoms with E-state index in [4.69, 9.17) is 4.42 Å². The lowest BCUT2D eigenvalue weighted by atomic mass is 10.1. The molecule has 0 aliphatic heterocycles. The molecule has 2 rings (SSSR count). The highest BCUT2D eigenvalue weighted by atomic mass is 16.3. The van der Waals surface area contributed by atoms with Crippen LogP contribution in [-0.4, -0.2) is 4.98 Å². The van der Waals surface area contributed by atoms with Gasteiger partial charge in [0.1, 0.15) is 5.76 Å². The van der Waals surface area contributed by atoms with Crippen LogP contribution in [0.2, 0.25) is 0 Å². The predicted molar refractivity (Wildman–Crippen MR) is 54.2 cm³/mol. The minimum absolute atomic E-state index is 0.748. The van der Waals surface area contributed by atoms with Crippen LogP contribution in [0.4, 0.5) is 0 Å². The molecule has 2 aromatic rings. The zero-order chi connectivity index (χ0) is 9.26. The number of furan rings is 1. The minimum Gasteiger partial charge on any atom is -0.454 e. The molecule has 0 radical (unpaired) electrons. The van der Waals surface area contributed by atoms with Gasteiger partial charge in [-0.2, -0.15) is 0 Å². The molecule has 0 aromatic carbocycles. The van der Waals surface area contributed by atoms with E-state index in [1.54, 1.807) is 24.5 Å². The lowest BCUT2D eigenvalue weighted by Crippen LogP contribution is -1.71. The highest BCUT2D eigenvalue weighted by molar-refractivity contribution is 5.89. The molecule has 2 aromatic heterocycles. The third kappa shape index (κ3) is 1.07. The Morgan fingerprint density at radius 1 is 1.31 bits per heavy atom. The summed E-state index contributed by atoms with van der Waals surface area (Å²) in [5.41, 5.74) is 1.75. The van der Waals surface area contributed by atoms with Crippen molar-refractivity contribution in [2.45, 2.75) is 0 Å². The molecule has 13 heavy (non-hydrogen) atoms. The predicted octanol–water partition coefficient (Wildman–Crippen LogP) is 3.11. The Balaban J connectivity index is 2.88. The first kappa shape index (κ1) is 7.80. The molecule has 0 amide bonds. The van der Waals surface area contributed by atoms with Gasteiger partial charge in [-0.1, -0.05) is 19.2 Å². The Morgan fingerprint density at radius 2 is 2.15 bits per heavy atom. The normalized spacial score (nSPS) is 10.2. The zero-order valence-corrected chi connectivity index (χ0v) is 7.16. The van der Waals surface area contributed by atoms with Crippen LogP contribution in [-0.2, 0) is 0 Å². The molecule has 0 aliphatic rings. The molecule has 0 saturated carbocycles. The fourth-order valence-corrected chi connectivity index (χ4v) is 1.35. The summed E-state index contributed by atoms with van der Waals surface area (Å²) in [6.07, 6.45) is 6.87. The Hall–Kier alpha value is -1.83. The van der Waals surface area contributed by atoms with E-state index < -0.39 is 0 Å². The Morgan fingerprint density at radius 3 is 2.85 bits per heavy atom. The molecule has 0 fully saturated rings. The molecule has 0 saturated heterocycles. The maximum atomic E-state index is 5.49. The highest BCUT2D eigenvalue weighted by Gasteiger charge is 2.07. The summed E-state index contributed by atoms with van der Waals surface area (Å²) in [5, 5.41) is 1.03. The minimum atomic E-state index is 0.748. The summed E-state index contributed by atoms with van der Waals surface area (Å²) < 4.78 is 5.49. The van der Waals surface area contributed by atoms with Crippen LogP contribution >= 0.6 is 0 Å². The average molecular weight is 171 g/mol. The van der Waals surface area contributed by atoms with Gasteiger partial charge in [0.2, 0.25) is 0 Å². The maximum Gasteiger partial charge on any atom is 0.153 e. The van der Waals surface area contributed by atoms with E-state index in [9.17, 15) is 0 Å². The summed E-state index contributed by atoms with van der Waals surface area (Å²) >= 11 is 0. The van der Waals surface area contributed by atoms with Crippen molar-refractivity contribution in [2.75, 3.05) is 0 Å². The molecule has 0 bridgehead atoms. The van der Waals surface area contributed by atoms with E-state index in [2.05, 4.69) is 18.1 Å². The molecule has 2 nitrogen and oxygen atoms in total. The highest BCUT2D eigenvalue weighted by Crippen LogP contribution is 2.26. The van der Waals surface area contributed by atoms with Crippen LogP contribution in [0.3, 0.4) is 0 Å². The first-order chi connectivity index (χ1) is 6.36. The van der Waals surface area contributed by atoms with Crippen molar-refractivity contribution in [2.24, 2.45) is 0 Å². The lowest BCUT2D eigenvalue weighted by Gasteiger charge is -1.87. The molecule has 2 heteroatoms. The standard InChI is InChI=1S/C11H9NO/c1-3-8-9-5-6-12-7-11(9)13-10(8)4-2/h3-7H,1-2H2. The lowest BCUT2D eigenvalue weighted by molar-refractivity contribution is 0.602. The smallest absolute Gasteiger partial charge is 0.153 e. The summed E-state index contributed by atoms with van der Waals surface area (Å²) in [6, 6.07) is 1.91. The molecule has 0 spiro atoms. The number of fused-ring (bicyclic) bond motifs is 1. The first-order valence-corrected chi connectivity index (χ1v) is 3.98. The van der Waals surface area contributed by atoms with Crippen LogP contribution < -0.4 is 0 Å². The fraction of sp³-hybridized carbons (Fsp3) is 0. The van der Waals surface area contributed by atoms with E-state index in [1.807, 2.05) is 6.07 Å². The summed E-state index contributed by atoms with van der Waals surface area (Å²) in [5.74, 6) is 0.748. The number of nitrogens with zero attached hydrogens (tertiary/aromatic N) is 1. The van der Waals surface area contributed by atoms with Gasteiger partial charge in [-0.15, -0.1) is 0 Å². The second-order valence-electron chi connectivity index (χ2n) is 2.66. The number of aromatic nitrogens is 1. The molecule has 0 unspecified atom stereocenters. The van der Waals surface area contributed by atoms with E-state index in [1.165, 1.54) is 0 Å². The van der Waals surface area contributed by atoms with Crippen LogP contribution in [0.1, 0.15) is 11.3 Å². The van der Waals surface area contributed by atoms with E-state index in [0.717, 1.165) is 22.3 Å². The Bertz CT molecular complexity index is 468. The first-order valence-electron chi connectivity index (χ1n) is 3.98. The number of rotatable bonds is 2. The van der Waals surface area contributed by atoms with Gasteiger partial charge in [0, 0.05) is 17.1 Å². The van der Waals surface area contributed by atoms with Gasteiger partial charge in [-0.3, -0.25) is 4.98 Å². The molecule has 0 atom stereocenters. The van der Waals surface area contributed by atoms with Crippen LogP contribution in [0.5, 0.6) is 0 Å². The van der Waals surface area contributed by atoms with Gasteiger partial charge in [-0.25, -0.2) is 0 Å².